The number of pyridine rings is 1. The fourth-order valence-corrected chi connectivity index (χ4v) is 2.78. The molecule has 0 saturated carbocycles. The average molecular weight is 331 g/mol. The van der Waals surface area contributed by atoms with E-state index < -0.39 is 20.9 Å². The van der Waals surface area contributed by atoms with E-state index in [-0.39, 0.29) is 0 Å². The van der Waals surface area contributed by atoms with Gasteiger partial charge in [0.05, 0.1) is 0 Å². The van der Waals surface area contributed by atoms with Crippen molar-refractivity contribution in [1.29, 1.82) is 0 Å². The Balaban J connectivity index is 2.37. The van der Waals surface area contributed by atoms with E-state index in [9.17, 15) is 12.8 Å². The van der Waals surface area contributed by atoms with E-state index in [0.717, 1.165) is 6.07 Å². The van der Waals surface area contributed by atoms with Crippen LogP contribution in [-0.4, -0.2) is 13.4 Å². The molecule has 0 aliphatic carbocycles. The lowest BCUT2D eigenvalue weighted by molar-refractivity contribution is 0.557. The third-order valence-corrected chi connectivity index (χ3v) is 3.86. The van der Waals surface area contributed by atoms with Gasteiger partial charge in [0.25, 0.3) is 10.0 Å². The van der Waals surface area contributed by atoms with Crippen LogP contribution in [-0.2, 0) is 10.0 Å². The second kappa shape index (κ2) is 5.03. The van der Waals surface area contributed by atoms with Gasteiger partial charge in [-0.1, -0.05) is 22.0 Å². The minimum atomic E-state index is -4.02. The first-order valence-corrected chi connectivity index (χ1v) is 7.15. The predicted octanol–water partition coefficient (Wildman–Crippen LogP) is 2.78. The summed E-state index contributed by atoms with van der Waals surface area (Å²) in [5, 5.41) is -0.620. The summed E-state index contributed by atoms with van der Waals surface area (Å²) in [5.41, 5.74) is 0.328. The standard InChI is InChI=1S/C11H8BrFN2O2S/c12-8-3-1-4-9(7-8)15-18(16,17)11-10(13)5-2-6-14-11/h1-7,15H. The Labute approximate surface area is 112 Å². The molecule has 18 heavy (non-hydrogen) atoms. The third kappa shape index (κ3) is 2.85. The summed E-state index contributed by atoms with van der Waals surface area (Å²) in [7, 11) is -4.02. The summed E-state index contributed by atoms with van der Waals surface area (Å²) in [4.78, 5) is 3.53. The normalized spacial score (nSPS) is 11.2. The van der Waals surface area contributed by atoms with Gasteiger partial charge in [-0.05, 0) is 30.3 Å². The molecule has 0 atom stereocenters. The van der Waals surface area contributed by atoms with Crippen LogP contribution in [0.15, 0.2) is 52.1 Å². The van der Waals surface area contributed by atoms with E-state index in [1.54, 1.807) is 24.3 Å². The van der Waals surface area contributed by atoms with Gasteiger partial charge in [-0.25, -0.2) is 9.37 Å². The van der Waals surface area contributed by atoms with Gasteiger partial charge in [-0.3, -0.25) is 4.72 Å². The average Bonchev–Trinajstić information content (AvgIpc) is 2.28. The molecular formula is C11H8BrFN2O2S. The molecular weight excluding hydrogens is 323 g/mol. The zero-order valence-corrected chi connectivity index (χ0v) is 11.4. The van der Waals surface area contributed by atoms with Crippen LogP contribution in [0.4, 0.5) is 10.1 Å². The lowest BCUT2D eigenvalue weighted by atomic mass is 10.3. The predicted molar refractivity (Wildman–Crippen MR) is 69.1 cm³/mol. The molecule has 1 heterocycles. The van der Waals surface area contributed by atoms with Crippen LogP contribution in [0.3, 0.4) is 0 Å². The lowest BCUT2D eigenvalue weighted by Gasteiger charge is -2.07. The summed E-state index contributed by atoms with van der Waals surface area (Å²) in [6.45, 7) is 0. The van der Waals surface area contributed by atoms with E-state index in [1.807, 2.05) is 0 Å². The van der Waals surface area contributed by atoms with Gasteiger partial charge in [0.1, 0.15) is 0 Å². The molecule has 94 valence electrons. The highest BCUT2D eigenvalue weighted by Gasteiger charge is 2.20. The number of halogens is 2. The number of benzene rings is 1. The van der Waals surface area contributed by atoms with Crippen molar-refractivity contribution in [2.45, 2.75) is 5.03 Å². The molecule has 4 nitrogen and oxygen atoms in total. The van der Waals surface area contributed by atoms with E-state index in [4.69, 9.17) is 0 Å². The molecule has 2 rings (SSSR count). The van der Waals surface area contributed by atoms with Gasteiger partial charge in [-0.2, -0.15) is 8.42 Å². The summed E-state index contributed by atoms with van der Waals surface area (Å²) in [5.74, 6) is -0.889. The Morgan fingerprint density at radius 2 is 2.00 bits per heavy atom. The first-order valence-electron chi connectivity index (χ1n) is 4.88. The van der Waals surface area contributed by atoms with Gasteiger partial charge in [-0.15, -0.1) is 0 Å². The molecule has 0 radical (unpaired) electrons. The molecule has 0 aliphatic rings. The number of hydrogen-bond donors (Lipinski definition) is 1. The van der Waals surface area contributed by atoms with Crippen molar-refractivity contribution in [3.05, 3.63) is 52.9 Å². The first kappa shape index (κ1) is 13.0. The van der Waals surface area contributed by atoms with Crippen LogP contribution in [0.25, 0.3) is 0 Å². The number of aromatic nitrogens is 1. The van der Waals surface area contributed by atoms with Crippen LogP contribution in [0.5, 0.6) is 0 Å². The van der Waals surface area contributed by atoms with Crippen molar-refractivity contribution in [1.82, 2.24) is 4.98 Å². The van der Waals surface area contributed by atoms with Crippen LogP contribution >= 0.6 is 15.9 Å². The number of nitrogens with zero attached hydrogens (tertiary/aromatic N) is 1. The molecule has 0 aliphatic heterocycles. The maximum Gasteiger partial charge on any atom is 0.282 e. The smallest absolute Gasteiger partial charge is 0.278 e. The van der Waals surface area contributed by atoms with Crippen LogP contribution in [0.2, 0.25) is 0 Å². The number of rotatable bonds is 3. The molecule has 0 unspecified atom stereocenters. The van der Waals surface area contributed by atoms with Gasteiger partial charge in [0.15, 0.2) is 5.82 Å². The zero-order valence-electron chi connectivity index (χ0n) is 8.97. The minimum absolute atomic E-state index is 0.328. The van der Waals surface area contributed by atoms with Crippen molar-refractivity contribution >= 4 is 31.6 Å². The van der Waals surface area contributed by atoms with E-state index in [2.05, 4.69) is 25.6 Å². The first-order chi connectivity index (χ1) is 8.49. The molecule has 0 amide bonds. The van der Waals surface area contributed by atoms with Crippen molar-refractivity contribution in [2.75, 3.05) is 4.72 Å². The molecule has 0 spiro atoms. The summed E-state index contributed by atoms with van der Waals surface area (Å²) >= 11 is 3.22. The molecule has 0 fully saturated rings. The van der Waals surface area contributed by atoms with Gasteiger partial charge in [0, 0.05) is 16.4 Å². The second-order valence-corrected chi connectivity index (χ2v) is 5.92. The quantitative estimate of drug-likeness (QED) is 0.941. The van der Waals surface area contributed by atoms with E-state index in [0.29, 0.717) is 10.2 Å². The van der Waals surface area contributed by atoms with Crippen molar-refractivity contribution in [2.24, 2.45) is 0 Å². The Morgan fingerprint density at radius 1 is 1.22 bits per heavy atom. The molecule has 0 bridgehead atoms. The van der Waals surface area contributed by atoms with Crippen LogP contribution in [0, 0.1) is 5.82 Å². The molecule has 7 heteroatoms. The fraction of sp³-hybridized carbons (Fsp3) is 0. The Hall–Kier alpha value is -1.47. The van der Waals surface area contributed by atoms with Crippen LogP contribution < -0.4 is 4.72 Å². The number of anilines is 1. The maximum atomic E-state index is 13.4. The van der Waals surface area contributed by atoms with Gasteiger partial charge < -0.3 is 0 Å². The molecule has 1 N–H and O–H groups in total. The maximum absolute atomic E-state index is 13.4. The van der Waals surface area contributed by atoms with E-state index >= 15 is 0 Å². The minimum Gasteiger partial charge on any atom is -0.278 e. The summed E-state index contributed by atoms with van der Waals surface area (Å²) in [6.07, 6.45) is 1.22. The fourth-order valence-electron chi connectivity index (χ4n) is 1.32. The Bertz CT molecular complexity index is 676. The van der Waals surface area contributed by atoms with Crippen molar-refractivity contribution in [3.63, 3.8) is 0 Å². The number of nitrogens with one attached hydrogen (secondary N) is 1. The SMILES string of the molecule is O=S(=O)(Nc1cccc(Br)c1)c1ncccc1F. The molecule has 0 saturated heterocycles. The molecule has 2 aromatic rings. The van der Waals surface area contributed by atoms with Crippen molar-refractivity contribution < 1.29 is 12.8 Å². The van der Waals surface area contributed by atoms with Gasteiger partial charge >= 0.3 is 0 Å². The summed E-state index contributed by atoms with van der Waals surface area (Å²) < 4.78 is 40.2. The highest BCUT2D eigenvalue weighted by molar-refractivity contribution is 9.10. The topological polar surface area (TPSA) is 59.1 Å². The highest BCUT2D eigenvalue weighted by atomic mass is 79.9. The lowest BCUT2D eigenvalue weighted by Crippen LogP contribution is -2.16. The zero-order chi connectivity index (χ0) is 13.2. The second-order valence-electron chi connectivity index (χ2n) is 3.41. The monoisotopic (exact) mass is 330 g/mol. The third-order valence-electron chi connectivity index (χ3n) is 2.06. The largest absolute Gasteiger partial charge is 0.282 e. The highest BCUT2D eigenvalue weighted by Crippen LogP contribution is 2.19. The number of hydrogen-bond acceptors (Lipinski definition) is 3. The van der Waals surface area contributed by atoms with Crippen molar-refractivity contribution in [3.8, 4) is 0 Å². The molecule has 1 aromatic heterocycles. The Kier molecular flexibility index (Phi) is 3.63. The van der Waals surface area contributed by atoms with Gasteiger partial charge in [0.2, 0.25) is 5.03 Å². The van der Waals surface area contributed by atoms with Crippen LogP contribution in [0.1, 0.15) is 0 Å². The summed E-state index contributed by atoms with van der Waals surface area (Å²) in [6, 6.07) is 8.91. The number of sulfonamides is 1. The Morgan fingerprint density at radius 3 is 2.67 bits per heavy atom. The molecule has 1 aromatic carbocycles. The van der Waals surface area contributed by atoms with E-state index in [1.165, 1.54) is 12.3 Å².